The lowest BCUT2D eigenvalue weighted by Crippen LogP contribution is -2.42. The van der Waals surface area contributed by atoms with Crippen LogP contribution >= 0.6 is 0 Å². The Bertz CT molecular complexity index is 1040. The van der Waals surface area contributed by atoms with Crippen molar-refractivity contribution in [2.45, 2.75) is 37.6 Å². The smallest absolute Gasteiger partial charge is 0.389 e. The number of nitrogens with one attached hydrogen (secondary N) is 1. The molecular weight excluding hydrogens is 406 g/mol. The molecule has 2 unspecified atom stereocenters. The number of alkyl halides is 3. The minimum atomic E-state index is -4.38. The van der Waals surface area contributed by atoms with Crippen molar-refractivity contribution in [3.05, 3.63) is 42.0 Å². The predicted molar refractivity (Wildman–Crippen MR) is 99.5 cm³/mol. The number of aliphatic hydroxyl groups excluding tert-OH is 1. The molecule has 0 bridgehead atoms. The molecule has 3 atom stereocenters. The van der Waals surface area contributed by atoms with Gasteiger partial charge in [-0.2, -0.15) is 13.2 Å². The van der Waals surface area contributed by atoms with Gasteiger partial charge in [0.2, 0.25) is 5.95 Å². The van der Waals surface area contributed by atoms with Crippen LogP contribution in [0, 0.1) is 5.82 Å². The van der Waals surface area contributed by atoms with Gasteiger partial charge in [-0.1, -0.05) is 6.07 Å². The van der Waals surface area contributed by atoms with Crippen molar-refractivity contribution < 1.29 is 27.4 Å². The first-order valence-corrected chi connectivity index (χ1v) is 9.33. The van der Waals surface area contributed by atoms with Gasteiger partial charge in [0.05, 0.1) is 42.3 Å². The molecule has 11 heteroatoms. The first kappa shape index (κ1) is 20.5. The maximum absolute atomic E-state index is 14.4. The summed E-state index contributed by atoms with van der Waals surface area (Å²) < 4.78 is 59.5. The van der Waals surface area contributed by atoms with E-state index in [-0.39, 0.29) is 41.1 Å². The molecular formula is C19H19F4N5O2. The second-order valence-corrected chi connectivity index (χ2v) is 7.18. The fourth-order valence-corrected chi connectivity index (χ4v) is 3.26. The van der Waals surface area contributed by atoms with Gasteiger partial charge in [-0.05, 0) is 25.0 Å². The number of hydrogen-bond donors (Lipinski definition) is 2. The van der Waals surface area contributed by atoms with Gasteiger partial charge in [0.25, 0.3) is 0 Å². The fraction of sp³-hybridized carbons (Fsp3) is 0.421. The lowest BCUT2D eigenvalue weighted by molar-refractivity contribution is -0.146. The third kappa shape index (κ3) is 3.94. The standard InChI is InChI=1S/C19H19F4N5O2/c1-10(19(21,22)23)11-2-3-13(24-7-11)15-6-12(20)16-8-25-18(27-28(15)16)26-14-4-5-30-9-17(14)29/h2-3,6-8,10,14,17,29H,4-5,9H2,1H3,(H,26,27)/t10-,14?,17?/m0/s1. The second-order valence-electron chi connectivity index (χ2n) is 7.18. The highest BCUT2D eigenvalue weighted by atomic mass is 19.4. The van der Waals surface area contributed by atoms with Crippen LogP contribution in [0.2, 0.25) is 0 Å². The van der Waals surface area contributed by atoms with E-state index < -0.39 is 24.0 Å². The molecule has 4 heterocycles. The second kappa shape index (κ2) is 7.80. The van der Waals surface area contributed by atoms with E-state index in [4.69, 9.17) is 4.74 Å². The fourth-order valence-electron chi connectivity index (χ4n) is 3.26. The summed E-state index contributed by atoms with van der Waals surface area (Å²) in [6.45, 7) is 1.72. The van der Waals surface area contributed by atoms with Crippen molar-refractivity contribution in [2.24, 2.45) is 0 Å². The van der Waals surface area contributed by atoms with Crippen molar-refractivity contribution in [3.63, 3.8) is 0 Å². The van der Waals surface area contributed by atoms with E-state index >= 15 is 0 Å². The van der Waals surface area contributed by atoms with Crippen LogP contribution in [-0.4, -0.2) is 56.2 Å². The van der Waals surface area contributed by atoms with Gasteiger partial charge >= 0.3 is 6.18 Å². The van der Waals surface area contributed by atoms with Crippen molar-refractivity contribution in [1.82, 2.24) is 19.6 Å². The summed E-state index contributed by atoms with van der Waals surface area (Å²) >= 11 is 0. The Labute approximate surface area is 168 Å². The maximum Gasteiger partial charge on any atom is 0.395 e. The van der Waals surface area contributed by atoms with Crippen LogP contribution in [0.3, 0.4) is 0 Å². The molecule has 1 saturated heterocycles. The van der Waals surface area contributed by atoms with Gasteiger partial charge in [0, 0.05) is 18.9 Å². The average Bonchev–Trinajstić information content (AvgIpc) is 3.04. The van der Waals surface area contributed by atoms with E-state index in [1.54, 1.807) is 0 Å². The van der Waals surface area contributed by atoms with Crippen molar-refractivity contribution in [3.8, 4) is 11.4 Å². The number of halogens is 4. The highest BCUT2D eigenvalue weighted by Crippen LogP contribution is 2.34. The maximum atomic E-state index is 14.4. The lowest BCUT2D eigenvalue weighted by atomic mass is 10.0. The number of aliphatic hydroxyl groups is 1. The molecule has 0 saturated carbocycles. The number of pyridine rings is 1. The Morgan fingerprint density at radius 3 is 2.73 bits per heavy atom. The van der Waals surface area contributed by atoms with Gasteiger partial charge in [-0.15, -0.1) is 5.10 Å². The Morgan fingerprint density at radius 1 is 1.27 bits per heavy atom. The molecule has 0 aliphatic carbocycles. The molecule has 0 radical (unpaired) electrons. The van der Waals surface area contributed by atoms with E-state index in [1.807, 2.05) is 0 Å². The third-order valence-electron chi connectivity index (χ3n) is 5.15. The SMILES string of the molecule is C[C@@H](c1ccc(-c2cc(F)c3cnc(NC4CCOCC4O)nn23)nc1)C(F)(F)F. The molecule has 1 aliphatic rings. The molecule has 4 rings (SSSR count). The number of hydrogen-bond acceptors (Lipinski definition) is 6. The zero-order chi connectivity index (χ0) is 21.5. The number of fused-ring (bicyclic) bond motifs is 1. The largest absolute Gasteiger partial charge is 0.395 e. The Morgan fingerprint density at radius 2 is 2.07 bits per heavy atom. The van der Waals surface area contributed by atoms with Crippen LogP contribution in [0.4, 0.5) is 23.5 Å². The Kier molecular flexibility index (Phi) is 5.33. The number of rotatable bonds is 4. The van der Waals surface area contributed by atoms with Gasteiger partial charge in [-0.3, -0.25) is 4.98 Å². The molecule has 3 aromatic rings. The van der Waals surface area contributed by atoms with Gasteiger partial charge in [0.1, 0.15) is 5.52 Å². The van der Waals surface area contributed by atoms with Crippen molar-refractivity contribution >= 4 is 11.5 Å². The number of anilines is 1. The molecule has 1 aliphatic heterocycles. The van der Waals surface area contributed by atoms with Gasteiger partial charge < -0.3 is 15.2 Å². The molecule has 160 valence electrons. The van der Waals surface area contributed by atoms with E-state index in [0.29, 0.717) is 13.0 Å². The summed E-state index contributed by atoms with van der Waals surface area (Å²) in [5.74, 6) is -2.08. The van der Waals surface area contributed by atoms with Gasteiger partial charge in [-0.25, -0.2) is 13.9 Å². The molecule has 0 amide bonds. The topological polar surface area (TPSA) is 84.6 Å². The first-order chi connectivity index (χ1) is 14.2. The summed E-state index contributed by atoms with van der Waals surface area (Å²) in [6, 6.07) is 3.60. The molecule has 1 fully saturated rings. The molecule has 0 spiro atoms. The molecule has 7 nitrogen and oxygen atoms in total. The lowest BCUT2D eigenvalue weighted by Gasteiger charge is -2.28. The summed E-state index contributed by atoms with van der Waals surface area (Å²) in [6.07, 6.45) is -2.14. The monoisotopic (exact) mass is 425 g/mol. The molecule has 30 heavy (non-hydrogen) atoms. The molecule has 0 aromatic carbocycles. The summed E-state index contributed by atoms with van der Waals surface area (Å²) in [7, 11) is 0. The summed E-state index contributed by atoms with van der Waals surface area (Å²) in [5.41, 5.74) is 0.644. The van der Waals surface area contributed by atoms with E-state index in [2.05, 4.69) is 20.4 Å². The summed E-state index contributed by atoms with van der Waals surface area (Å²) in [5, 5.41) is 17.3. The zero-order valence-electron chi connectivity index (χ0n) is 15.9. The first-order valence-electron chi connectivity index (χ1n) is 9.33. The molecule has 3 aromatic heterocycles. The van der Waals surface area contributed by atoms with Crippen molar-refractivity contribution in [1.29, 1.82) is 0 Å². The van der Waals surface area contributed by atoms with Crippen molar-refractivity contribution in [2.75, 3.05) is 18.5 Å². The van der Waals surface area contributed by atoms with Crippen LogP contribution in [0.15, 0.2) is 30.6 Å². The highest BCUT2D eigenvalue weighted by Gasteiger charge is 2.37. The minimum Gasteiger partial charge on any atom is -0.389 e. The number of ether oxygens (including phenoxy) is 1. The van der Waals surface area contributed by atoms with E-state index in [9.17, 15) is 22.7 Å². The van der Waals surface area contributed by atoms with Crippen LogP contribution in [-0.2, 0) is 4.74 Å². The Balaban J connectivity index is 1.65. The van der Waals surface area contributed by atoms with Gasteiger partial charge in [0.15, 0.2) is 5.82 Å². The Hall–Kier alpha value is -2.79. The van der Waals surface area contributed by atoms with Crippen LogP contribution in [0.1, 0.15) is 24.8 Å². The normalized spacial score (nSPS) is 21.0. The molecule has 2 N–H and O–H groups in total. The highest BCUT2D eigenvalue weighted by molar-refractivity contribution is 5.64. The van der Waals surface area contributed by atoms with Crippen LogP contribution in [0.5, 0.6) is 0 Å². The quantitative estimate of drug-likeness (QED) is 0.625. The average molecular weight is 425 g/mol. The third-order valence-corrected chi connectivity index (χ3v) is 5.15. The van der Waals surface area contributed by atoms with Crippen LogP contribution < -0.4 is 5.32 Å². The van der Waals surface area contributed by atoms with E-state index in [1.165, 1.54) is 28.9 Å². The predicted octanol–water partition coefficient (Wildman–Crippen LogP) is 3.16. The zero-order valence-corrected chi connectivity index (χ0v) is 15.9. The number of aromatic nitrogens is 4. The minimum absolute atomic E-state index is 0.0121. The van der Waals surface area contributed by atoms with E-state index in [0.717, 1.165) is 13.1 Å². The number of nitrogens with zero attached hydrogens (tertiary/aromatic N) is 4. The van der Waals surface area contributed by atoms with Crippen LogP contribution in [0.25, 0.3) is 16.9 Å². The summed E-state index contributed by atoms with van der Waals surface area (Å²) in [4.78, 5) is 8.17.